The van der Waals surface area contributed by atoms with Crippen LogP contribution in [0.15, 0.2) is 18.2 Å². The molecular weight excluding hydrogens is 335 g/mol. The first kappa shape index (κ1) is 21.2. The van der Waals surface area contributed by atoms with Gasteiger partial charge in [0, 0.05) is 30.8 Å². The van der Waals surface area contributed by atoms with Gasteiger partial charge in [0.1, 0.15) is 0 Å². The number of anilines is 1. The van der Waals surface area contributed by atoms with E-state index in [9.17, 15) is 22.8 Å². The Labute approximate surface area is 138 Å². The molecule has 2 amide bonds. The minimum atomic E-state index is -4.62. The molecule has 1 aromatic carbocycles. The van der Waals surface area contributed by atoms with Crippen LogP contribution in [0.25, 0.3) is 0 Å². The minimum Gasteiger partial charge on any atom is -0.352 e. The number of nitrogens with two attached hydrogens (primary N) is 1. The third kappa shape index (κ3) is 7.34. The molecule has 0 aliphatic heterocycles. The number of rotatable bonds is 5. The highest BCUT2D eigenvalue weighted by atomic mass is 35.5. The summed E-state index contributed by atoms with van der Waals surface area (Å²) < 4.78 is 38.5. The van der Waals surface area contributed by atoms with Crippen molar-refractivity contribution >= 4 is 29.9 Å². The van der Waals surface area contributed by atoms with Crippen LogP contribution in [0.2, 0.25) is 0 Å². The van der Waals surface area contributed by atoms with Crippen molar-refractivity contribution in [2.24, 2.45) is 5.73 Å². The van der Waals surface area contributed by atoms with Crippen LogP contribution in [0.1, 0.15) is 36.2 Å². The van der Waals surface area contributed by atoms with Gasteiger partial charge >= 0.3 is 6.18 Å². The largest absolute Gasteiger partial charge is 0.416 e. The van der Waals surface area contributed by atoms with Gasteiger partial charge in [-0.05, 0) is 31.5 Å². The fraction of sp³-hybridized carbons (Fsp3) is 0.429. The maximum Gasteiger partial charge on any atom is 0.416 e. The third-order valence-electron chi connectivity index (χ3n) is 2.73. The van der Waals surface area contributed by atoms with Crippen molar-refractivity contribution in [3.63, 3.8) is 0 Å². The number of benzene rings is 1. The number of alkyl halides is 3. The van der Waals surface area contributed by atoms with Gasteiger partial charge in [-0.15, -0.1) is 12.4 Å². The zero-order chi connectivity index (χ0) is 16.9. The van der Waals surface area contributed by atoms with Gasteiger partial charge < -0.3 is 16.4 Å². The third-order valence-corrected chi connectivity index (χ3v) is 2.73. The molecule has 0 heterocycles. The fourth-order valence-electron chi connectivity index (χ4n) is 1.71. The summed E-state index contributed by atoms with van der Waals surface area (Å²) in [4.78, 5) is 22.9. The van der Waals surface area contributed by atoms with Crippen LogP contribution in [0.3, 0.4) is 0 Å². The summed E-state index contributed by atoms with van der Waals surface area (Å²) in [7, 11) is 0. The number of carbonyl (C=O) groups is 2. The minimum absolute atomic E-state index is 0. The normalized spacial score (nSPS) is 12.1. The quantitative estimate of drug-likeness (QED) is 0.760. The van der Waals surface area contributed by atoms with Crippen molar-refractivity contribution in [2.75, 3.05) is 11.9 Å². The van der Waals surface area contributed by atoms with Crippen LogP contribution in [0, 0.1) is 0 Å². The van der Waals surface area contributed by atoms with Crippen molar-refractivity contribution in [2.45, 2.75) is 32.5 Å². The Morgan fingerprint density at radius 3 is 2.35 bits per heavy atom. The Balaban J connectivity index is 0.00000484. The predicted octanol–water partition coefficient (Wildman–Crippen LogP) is 2.55. The van der Waals surface area contributed by atoms with E-state index in [1.54, 1.807) is 6.92 Å². The molecule has 1 atom stereocenters. The standard InChI is InChI=1S/C14H18F3N3O2.ClH/c1-8(18)3-4-19-13(22)10-5-11(14(15,16)17)7-12(6-10)20-9(2)21;/h5-8H,3-4,18H2,1-2H3,(H,19,22)(H,20,21);1H. The van der Waals surface area contributed by atoms with Gasteiger partial charge in [-0.2, -0.15) is 13.2 Å². The lowest BCUT2D eigenvalue weighted by atomic mass is 10.1. The average molecular weight is 354 g/mol. The first-order valence-corrected chi connectivity index (χ1v) is 6.63. The highest BCUT2D eigenvalue weighted by Gasteiger charge is 2.32. The van der Waals surface area contributed by atoms with Crippen LogP contribution in [0.5, 0.6) is 0 Å². The SMILES string of the molecule is CC(=O)Nc1cc(C(=O)NCCC(C)N)cc(C(F)(F)F)c1.Cl. The van der Waals surface area contributed by atoms with E-state index in [1.807, 2.05) is 0 Å². The van der Waals surface area contributed by atoms with Gasteiger partial charge in [0.2, 0.25) is 5.91 Å². The molecule has 23 heavy (non-hydrogen) atoms. The summed E-state index contributed by atoms with van der Waals surface area (Å²) in [6, 6.07) is 2.58. The Bertz CT molecular complexity index is 563. The molecule has 0 saturated heterocycles. The topological polar surface area (TPSA) is 84.2 Å². The van der Waals surface area contributed by atoms with Gasteiger partial charge in [0.05, 0.1) is 5.56 Å². The molecule has 0 saturated carbocycles. The molecule has 0 fully saturated rings. The van der Waals surface area contributed by atoms with E-state index in [0.29, 0.717) is 6.42 Å². The van der Waals surface area contributed by atoms with Crippen molar-refractivity contribution in [3.8, 4) is 0 Å². The fourth-order valence-corrected chi connectivity index (χ4v) is 1.71. The number of hydrogen-bond acceptors (Lipinski definition) is 3. The first-order valence-electron chi connectivity index (χ1n) is 6.63. The summed E-state index contributed by atoms with van der Waals surface area (Å²) in [6.07, 6.45) is -4.11. The van der Waals surface area contributed by atoms with E-state index in [0.717, 1.165) is 12.1 Å². The lowest BCUT2D eigenvalue weighted by Crippen LogP contribution is -2.29. The van der Waals surface area contributed by atoms with Gasteiger partial charge in [0.15, 0.2) is 0 Å². The molecule has 0 radical (unpaired) electrons. The lowest BCUT2D eigenvalue weighted by Gasteiger charge is -2.13. The Morgan fingerprint density at radius 1 is 1.26 bits per heavy atom. The predicted molar refractivity (Wildman–Crippen MR) is 83.6 cm³/mol. The Hall–Kier alpha value is -1.80. The van der Waals surface area contributed by atoms with Crippen LogP contribution in [-0.2, 0) is 11.0 Å². The summed E-state index contributed by atoms with van der Waals surface area (Å²) in [5.41, 5.74) is 4.27. The molecule has 1 aromatic rings. The number of halogens is 4. The maximum absolute atomic E-state index is 12.8. The second-order valence-corrected chi connectivity index (χ2v) is 5.00. The highest BCUT2D eigenvalue weighted by molar-refractivity contribution is 5.97. The number of nitrogens with one attached hydrogen (secondary N) is 2. The summed E-state index contributed by atoms with van der Waals surface area (Å²) in [5.74, 6) is -1.18. The number of hydrogen-bond donors (Lipinski definition) is 3. The van der Waals surface area contributed by atoms with Gasteiger partial charge in [-0.25, -0.2) is 0 Å². The number of amides is 2. The van der Waals surface area contributed by atoms with E-state index < -0.39 is 23.6 Å². The van der Waals surface area contributed by atoms with Gasteiger partial charge in [0.25, 0.3) is 5.91 Å². The van der Waals surface area contributed by atoms with Crippen molar-refractivity contribution in [3.05, 3.63) is 29.3 Å². The molecule has 0 bridgehead atoms. The zero-order valence-corrected chi connectivity index (χ0v) is 13.5. The summed E-state index contributed by atoms with van der Waals surface area (Å²) in [6.45, 7) is 3.18. The second kappa shape index (κ2) is 8.73. The van der Waals surface area contributed by atoms with E-state index in [2.05, 4.69) is 10.6 Å². The second-order valence-electron chi connectivity index (χ2n) is 5.00. The van der Waals surface area contributed by atoms with Crippen LogP contribution >= 0.6 is 12.4 Å². The molecule has 130 valence electrons. The van der Waals surface area contributed by atoms with Crippen LogP contribution in [0.4, 0.5) is 18.9 Å². The smallest absolute Gasteiger partial charge is 0.352 e. The molecule has 4 N–H and O–H groups in total. The molecule has 9 heteroatoms. The molecule has 0 aromatic heterocycles. The average Bonchev–Trinajstić information content (AvgIpc) is 2.35. The van der Waals surface area contributed by atoms with Crippen LogP contribution < -0.4 is 16.4 Å². The molecule has 1 unspecified atom stereocenters. The number of carbonyl (C=O) groups excluding carboxylic acids is 2. The molecule has 0 spiro atoms. The summed E-state index contributed by atoms with van der Waals surface area (Å²) in [5, 5.41) is 4.74. The molecule has 0 aliphatic carbocycles. The Morgan fingerprint density at radius 2 is 1.87 bits per heavy atom. The Kier molecular flexibility index (Phi) is 8.05. The van der Waals surface area contributed by atoms with Crippen molar-refractivity contribution < 1.29 is 22.8 Å². The zero-order valence-electron chi connectivity index (χ0n) is 12.7. The van der Waals surface area contributed by atoms with Gasteiger partial charge in [-0.3, -0.25) is 9.59 Å². The lowest BCUT2D eigenvalue weighted by molar-refractivity contribution is -0.137. The van der Waals surface area contributed by atoms with Crippen molar-refractivity contribution in [1.29, 1.82) is 0 Å². The van der Waals surface area contributed by atoms with Gasteiger partial charge in [-0.1, -0.05) is 0 Å². The summed E-state index contributed by atoms with van der Waals surface area (Å²) >= 11 is 0. The van der Waals surface area contributed by atoms with Crippen molar-refractivity contribution in [1.82, 2.24) is 5.32 Å². The highest BCUT2D eigenvalue weighted by Crippen LogP contribution is 2.32. The molecular formula is C14H19ClF3N3O2. The monoisotopic (exact) mass is 353 g/mol. The maximum atomic E-state index is 12.8. The van der Waals surface area contributed by atoms with Crippen LogP contribution in [-0.4, -0.2) is 24.4 Å². The van der Waals surface area contributed by atoms with E-state index in [1.165, 1.54) is 13.0 Å². The molecule has 5 nitrogen and oxygen atoms in total. The molecule has 1 rings (SSSR count). The molecule has 0 aliphatic rings. The first-order chi connectivity index (χ1) is 10.1. The van der Waals surface area contributed by atoms with E-state index >= 15 is 0 Å². The van der Waals surface area contributed by atoms with E-state index in [4.69, 9.17) is 5.73 Å². The van der Waals surface area contributed by atoms with E-state index in [-0.39, 0.29) is 36.2 Å².